The van der Waals surface area contributed by atoms with Crippen molar-refractivity contribution in [3.8, 4) is 78.8 Å². The van der Waals surface area contributed by atoms with Crippen LogP contribution in [0.25, 0.3) is 78.8 Å². The Morgan fingerprint density at radius 2 is 0.812 bits per heavy atom. The van der Waals surface area contributed by atoms with E-state index in [9.17, 15) is 0 Å². The molecule has 0 unspecified atom stereocenters. The predicted octanol–water partition coefficient (Wildman–Crippen LogP) is 15.5. The molecule has 0 amide bonds. The highest BCUT2D eigenvalue weighted by atomic mass is 15.0. The van der Waals surface area contributed by atoms with Gasteiger partial charge in [-0.3, -0.25) is 4.98 Å². The first-order valence-corrected chi connectivity index (χ1v) is 22.9. The van der Waals surface area contributed by atoms with Crippen LogP contribution >= 0.6 is 0 Å². The zero-order valence-electron chi connectivity index (χ0n) is 39.1. The monoisotopic (exact) mass is 834 g/mol. The third kappa shape index (κ3) is 7.37. The maximum Gasteiger partial charge on any atom is 0.165 e. The highest BCUT2D eigenvalue weighted by Crippen LogP contribution is 2.52. The van der Waals surface area contributed by atoms with E-state index in [1.54, 1.807) is 0 Å². The lowest BCUT2D eigenvalue weighted by Crippen LogP contribution is -2.18. The Hall–Kier alpha value is -6.52. The maximum absolute atomic E-state index is 5.25. The highest BCUT2D eigenvalue weighted by molar-refractivity contribution is 5.93. The Labute approximate surface area is 380 Å². The fraction of sp³-hybridized carbons (Fsp3) is 0.267. The first-order chi connectivity index (χ1) is 30.5. The van der Waals surface area contributed by atoms with Gasteiger partial charge in [0.05, 0.1) is 5.69 Å². The number of rotatable bonds is 7. The molecular formula is C60H58N4. The van der Waals surface area contributed by atoms with Crippen LogP contribution in [0.1, 0.15) is 102 Å². The SMILES string of the molecule is Cc1cc(C)cc(-c2ccccc2-c2ccc(-c3ccc(-c4nc(-c5ccc6c(c5)C(C)(C)CC6(C)C)nc(-c5ccc6c(c5)C(C)(C)CC6(C)C)n4)cn3)cc2-c2ccccc2)c1. The molecule has 0 spiro atoms. The Balaban J connectivity index is 1.07. The number of aromatic nitrogens is 4. The smallest absolute Gasteiger partial charge is 0.165 e. The molecule has 2 aliphatic carbocycles. The van der Waals surface area contributed by atoms with E-state index in [4.69, 9.17) is 19.9 Å². The normalized spacial score (nSPS) is 16.3. The van der Waals surface area contributed by atoms with Crippen LogP contribution in [-0.2, 0) is 21.7 Å². The van der Waals surface area contributed by atoms with Crippen molar-refractivity contribution in [1.82, 2.24) is 19.9 Å². The summed E-state index contributed by atoms with van der Waals surface area (Å²) in [5.74, 6) is 1.97. The van der Waals surface area contributed by atoms with Gasteiger partial charge in [0.15, 0.2) is 17.5 Å². The van der Waals surface area contributed by atoms with Crippen LogP contribution in [0.3, 0.4) is 0 Å². The molecule has 6 aromatic carbocycles. The molecule has 0 saturated carbocycles. The predicted molar refractivity (Wildman–Crippen MR) is 266 cm³/mol. The largest absolute Gasteiger partial charge is 0.255 e. The first-order valence-electron chi connectivity index (χ1n) is 22.9. The molecule has 2 aliphatic rings. The third-order valence-corrected chi connectivity index (χ3v) is 14.0. The molecule has 64 heavy (non-hydrogen) atoms. The van der Waals surface area contributed by atoms with E-state index in [1.165, 1.54) is 55.6 Å². The van der Waals surface area contributed by atoms with Crippen LogP contribution < -0.4 is 0 Å². The van der Waals surface area contributed by atoms with E-state index in [0.717, 1.165) is 51.9 Å². The van der Waals surface area contributed by atoms with Crippen molar-refractivity contribution in [2.45, 2.75) is 104 Å². The minimum Gasteiger partial charge on any atom is -0.255 e. The molecule has 10 rings (SSSR count). The van der Waals surface area contributed by atoms with Crippen molar-refractivity contribution in [3.63, 3.8) is 0 Å². The molecule has 0 N–H and O–H groups in total. The first kappa shape index (κ1) is 41.5. The van der Waals surface area contributed by atoms with Gasteiger partial charge in [0.2, 0.25) is 0 Å². The number of fused-ring (bicyclic) bond motifs is 2. The summed E-state index contributed by atoms with van der Waals surface area (Å²) in [5, 5.41) is 0. The number of hydrogen-bond donors (Lipinski definition) is 0. The van der Waals surface area contributed by atoms with Gasteiger partial charge in [-0.15, -0.1) is 0 Å². The summed E-state index contributed by atoms with van der Waals surface area (Å²) >= 11 is 0. The zero-order chi connectivity index (χ0) is 44.8. The summed E-state index contributed by atoms with van der Waals surface area (Å²) in [6.07, 6.45) is 4.12. The van der Waals surface area contributed by atoms with Crippen LogP contribution in [0.5, 0.6) is 0 Å². The molecular weight excluding hydrogens is 777 g/mol. The van der Waals surface area contributed by atoms with Crippen molar-refractivity contribution in [2.75, 3.05) is 0 Å². The van der Waals surface area contributed by atoms with E-state index >= 15 is 0 Å². The Kier molecular flexibility index (Phi) is 9.76. The van der Waals surface area contributed by atoms with Crippen LogP contribution in [0.15, 0.2) is 146 Å². The van der Waals surface area contributed by atoms with Gasteiger partial charge in [-0.25, -0.2) is 15.0 Å². The van der Waals surface area contributed by atoms with Crippen LogP contribution in [-0.4, -0.2) is 19.9 Å². The lowest BCUT2D eigenvalue weighted by atomic mass is 9.82. The molecule has 0 radical (unpaired) electrons. The molecule has 8 aromatic rings. The lowest BCUT2D eigenvalue weighted by molar-refractivity contribution is 0.402. The van der Waals surface area contributed by atoms with Crippen molar-refractivity contribution < 1.29 is 0 Å². The van der Waals surface area contributed by atoms with Crippen LogP contribution in [0.4, 0.5) is 0 Å². The molecule has 2 aromatic heterocycles. The van der Waals surface area contributed by atoms with Gasteiger partial charge >= 0.3 is 0 Å². The molecule has 0 bridgehead atoms. The van der Waals surface area contributed by atoms with Crippen LogP contribution in [0.2, 0.25) is 0 Å². The van der Waals surface area contributed by atoms with E-state index in [1.807, 2.05) is 6.20 Å². The average Bonchev–Trinajstić information content (AvgIpc) is 3.59. The average molecular weight is 835 g/mol. The minimum atomic E-state index is 0.0494. The zero-order valence-corrected chi connectivity index (χ0v) is 39.1. The highest BCUT2D eigenvalue weighted by Gasteiger charge is 2.43. The van der Waals surface area contributed by atoms with Crippen molar-refractivity contribution in [3.05, 3.63) is 179 Å². The van der Waals surface area contributed by atoms with Crippen molar-refractivity contribution >= 4 is 0 Å². The van der Waals surface area contributed by atoms with Gasteiger partial charge in [-0.2, -0.15) is 0 Å². The summed E-state index contributed by atoms with van der Waals surface area (Å²) in [6.45, 7) is 23.2. The Morgan fingerprint density at radius 1 is 0.344 bits per heavy atom. The standard InChI is InChI=1S/C60H58N4/c1-37-28-38(2)30-44(29-37)45-18-14-15-19-46(45)47-24-20-40(31-48(47)39-16-12-11-13-17-39)53-27-23-43(34-61-53)56-63-54(41-21-25-49-51(32-41)59(7,8)35-57(49,3)4)62-55(64-56)42-22-26-50-52(33-42)60(9,10)36-58(50,5)6/h11-34H,35-36H2,1-10H3. The number of aryl methyl sites for hydroxylation is 2. The molecule has 4 heteroatoms. The summed E-state index contributed by atoms with van der Waals surface area (Å²) in [4.78, 5) is 20.8. The maximum atomic E-state index is 5.25. The summed E-state index contributed by atoms with van der Waals surface area (Å²) in [6, 6.07) is 50.9. The number of nitrogens with zero attached hydrogens (tertiary/aromatic N) is 4. The summed E-state index contributed by atoms with van der Waals surface area (Å²) in [7, 11) is 0. The fourth-order valence-electron chi connectivity index (χ4n) is 11.6. The topological polar surface area (TPSA) is 51.6 Å². The van der Waals surface area contributed by atoms with Crippen molar-refractivity contribution in [2.24, 2.45) is 0 Å². The van der Waals surface area contributed by atoms with E-state index in [-0.39, 0.29) is 21.7 Å². The third-order valence-electron chi connectivity index (χ3n) is 14.0. The second-order valence-electron chi connectivity index (χ2n) is 21.2. The van der Waals surface area contributed by atoms with Gasteiger partial charge in [0, 0.05) is 28.5 Å². The van der Waals surface area contributed by atoms with E-state index in [2.05, 4.69) is 209 Å². The minimum absolute atomic E-state index is 0.0494. The molecule has 318 valence electrons. The van der Waals surface area contributed by atoms with Crippen molar-refractivity contribution in [1.29, 1.82) is 0 Å². The quantitative estimate of drug-likeness (QED) is 0.160. The van der Waals surface area contributed by atoms with E-state index in [0.29, 0.717) is 17.5 Å². The lowest BCUT2D eigenvalue weighted by Gasteiger charge is -2.22. The second-order valence-corrected chi connectivity index (χ2v) is 21.2. The Bertz CT molecular complexity index is 3000. The molecule has 0 saturated heterocycles. The molecule has 2 heterocycles. The summed E-state index contributed by atoms with van der Waals surface area (Å²) in [5.41, 5.74) is 20.4. The molecule has 0 aliphatic heterocycles. The van der Waals surface area contributed by atoms with Crippen LogP contribution in [0, 0.1) is 13.8 Å². The van der Waals surface area contributed by atoms with Gasteiger partial charge in [-0.05, 0) is 134 Å². The molecule has 0 fully saturated rings. The number of benzene rings is 6. The number of hydrogen-bond acceptors (Lipinski definition) is 4. The Morgan fingerprint density at radius 3 is 1.36 bits per heavy atom. The molecule has 4 nitrogen and oxygen atoms in total. The van der Waals surface area contributed by atoms with Gasteiger partial charge in [-0.1, -0.05) is 176 Å². The van der Waals surface area contributed by atoms with Gasteiger partial charge in [0.25, 0.3) is 0 Å². The van der Waals surface area contributed by atoms with Gasteiger partial charge in [0.1, 0.15) is 0 Å². The fourth-order valence-corrected chi connectivity index (χ4v) is 11.6. The van der Waals surface area contributed by atoms with E-state index < -0.39 is 0 Å². The summed E-state index contributed by atoms with van der Waals surface area (Å²) < 4.78 is 0. The van der Waals surface area contributed by atoms with Gasteiger partial charge < -0.3 is 0 Å². The number of pyridine rings is 1. The molecule has 0 atom stereocenters. The second kappa shape index (κ2) is 15.0.